The average molecular weight is 326 g/mol. The van der Waals surface area contributed by atoms with E-state index in [4.69, 9.17) is 16.7 Å². The van der Waals surface area contributed by atoms with Crippen molar-refractivity contribution in [1.29, 1.82) is 0 Å². The monoisotopic (exact) mass is 325 g/mol. The molecule has 1 aromatic carbocycles. The Kier molecular flexibility index (Phi) is 5.27. The first-order valence-corrected chi connectivity index (χ1v) is 7.61. The number of hydrogen-bond donors (Lipinski definition) is 2. The zero-order chi connectivity index (χ0) is 15.4. The lowest BCUT2D eigenvalue weighted by molar-refractivity contribution is -0.115. The lowest BCUT2D eigenvalue weighted by Gasteiger charge is -2.12. The number of amides is 1. The molecule has 2 N–H and O–H groups in total. The zero-order valence-electron chi connectivity index (χ0n) is 11.7. The molecule has 2 rings (SSSR count). The van der Waals surface area contributed by atoms with Gasteiger partial charge >= 0.3 is 0 Å². The number of imidazole rings is 1. The lowest BCUT2D eigenvalue weighted by Crippen LogP contribution is -2.22. The second-order valence-corrected chi connectivity index (χ2v) is 6.25. The van der Waals surface area contributed by atoms with Gasteiger partial charge in [0.05, 0.1) is 23.7 Å². The van der Waals surface area contributed by atoms with Gasteiger partial charge in [0.1, 0.15) is 0 Å². The number of thioether (sulfide) groups is 1. The highest BCUT2D eigenvalue weighted by molar-refractivity contribution is 8.00. The molecule has 112 valence electrons. The molecule has 0 aliphatic heterocycles. The largest absolute Gasteiger partial charge is 0.390 e. The molecule has 0 spiro atoms. The summed E-state index contributed by atoms with van der Waals surface area (Å²) in [6, 6.07) is 6.95. The maximum atomic E-state index is 12.1. The van der Waals surface area contributed by atoms with Crippen molar-refractivity contribution < 1.29 is 9.90 Å². The summed E-state index contributed by atoms with van der Waals surface area (Å²) in [5.74, 6) is -0.115. The fraction of sp³-hybridized carbons (Fsp3) is 0.286. The smallest absolute Gasteiger partial charge is 0.237 e. The number of carbonyl (C=O) groups is 1. The van der Waals surface area contributed by atoms with Gasteiger partial charge in [0.25, 0.3) is 0 Å². The molecule has 0 saturated carbocycles. The molecule has 1 heterocycles. The van der Waals surface area contributed by atoms with Crippen molar-refractivity contribution in [3.8, 4) is 0 Å². The van der Waals surface area contributed by atoms with E-state index in [2.05, 4.69) is 10.3 Å². The van der Waals surface area contributed by atoms with Crippen molar-refractivity contribution in [1.82, 2.24) is 9.55 Å². The maximum absolute atomic E-state index is 12.1. The third-order valence-corrected chi connectivity index (χ3v) is 4.38. The molecule has 21 heavy (non-hydrogen) atoms. The minimum absolute atomic E-state index is 0.0740. The van der Waals surface area contributed by atoms with Crippen molar-refractivity contribution in [2.75, 3.05) is 5.32 Å². The number of carbonyl (C=O) groups excluding carboxylic acids is 1. The molecule has 0 aliphatic rings. The summed E-state index contributed by atoms with van der Waals surface area (Å²) in [4.78, 5) is 16.3. The molecular weight excluding hydrogens is 310 g/mol. The molecule has 0 bridgehead atoms. The summed E-state index contributed by atoms with van der Waals surface area (Å²) in [5, 5.41) is 13.0. The van der Waals surface area contributed by atoms with E-state index >= 15 is 0 Å². The molecule has 0 radical (unpaired) electrons. The van der Waals surface area contributed by atoms with Crippen molar-refractivity contribution in [2.45, 2.75) is 23.9 Å². The van der Waals surface area contributed by atoms with Crippen LogP contribution in [0.15, 0.2) is 35.6 Å². The third-order valence-electron chi connectivity index (χ3n) is 2.97. The molecule has 0 saturated heterocycles. The molecule has 1 unspecified atom stereocenters. The fourth-order valence-electron chi connectivity index (χ4n) is 1.67. The summed E-state index contributed by atoms with van der Waals surface area (Å²) in [6.45, 7) is 1.73. The standard InChI is InChI=1S/C14H16ClN3O2S/c1-9(21-14-16-7-12(8-19)18(14)2)13(20)17-11-5-3-10(15)4-6-11/h3-7,9,19H,8H2,1-2H3,(H,17,20). The number of aromatic nitrogens is 2. The Balaban J connectivity index is 1.99. The molecular formula is C14H16ClN3O2S. The van der Waals surface area contributed by atoms with Crippen LogP contribution in [-0.4, -0.2) is 25.8 Å². The van der Waals surface area contributed by atoms with Gasteiger partial charge in [-0.3, -0.25) is 4.79 Å². The molecule has 2 aromatic rings. The third kappa shape index (κ3) is 4.00. The minimum Gasteiger partial charge on any atom is -0.390 e. The summed E-state index contributed by atoms with van der Waals surface area (Å²) in [5.41, 5.74) is 1.41. The quantitative estimate of drug-likeness (QED) is 0.829. The maximum Gasteiger partial charge on any atom is 0.237 e. The minimum atomic E-state index is -0.312. The highest BCUT2D eigenvalue weighted by Crippen LogP contribution is 2.23. The number of nitrogens with zero attached hydrogens (tertiary/aromatic N) is 2. The SMILES string of the molecule is CC(Sc1ncc(CO)n1C)C(=O)Nc1ccc(Cl)cc1. The van der Waals surface area contributed by atoms with Gasteiger partial charge in [0.15, 0.2) is 5.16 Å². The molecule has 1 atom stereocenters. The number of anilines is 1. The van der Waals surface area contributed by atoms with Gasteiger partial charge in [-0.15, -0.1) is 0 Å². The average Bonchev–Trinajstić information content (AvgIpc) is 2.82. The zero-order valence-corrected chi connectivity index (χ0v) is 13.3. The molecule has 7 heteroatoms. The van der Waals surface area contributed by atoms with Crippen molar-refractivity contribution >= 4 is 35.0 Å². The number of aliphatic hydroxyl groups is 1. The van der Waals surface area contributed by atoms with E-state index in [9.17, 15) is 4.79 Å². The van der Waals surface area contributed by atoms with E-state index < -0.39 is 0 Å². The van der Waals surface area contributed by atoms with E-state index in [-0.39, 0.29) is 17.8 Å². The Morgan fingerprint density at radius 1 is 1.48 bits per heavy atom. The highest BCUT2D eigenvalue weighted by atomic mass is 35.5. The van der Waals surface area contributed by atoms with E-state index in [1.54, 1.807) is 35.0 Å². The van der Waals surface area contributed by atoms with Crippen LogP contribution in [-0.2, 0) is 18.4 Å². The Bertz CT molecular complexity index is 628. The van der Waals surface area contributed by atoms with Crippen LogP contribution in [0.4, 0.5) is 5.69 Å². The molecule has 0 aliphatic carbocycles. The van der Waals surface area contributed by atoms with Crippen LogP contribution in [0.5, 0.6) is 0 Å². The van der Waals surface area contributed by atoms with Crippen LogP contribution < -0.4 is 5.32 Å². The predicted molar refractivity (Wildman–Crippen MR) is 84.5 cm³/mol. The first-order chi connectivity index (χ1) is 10.0. The number of aliphatic hydroxyl groups excluding tert-OH is 1. The van der Waals surface area contributed by atoms with Crippen molar-refractivity contribution in [3.63, 3.8) is 0 Å². The van der Waals surface area contributed by atoms with Gasteiger partial charge < -0.3 is 15.0 Å². The number of hydrogen-bond acceptors (Lipinski definition) is 4. The van der Waals surface area contributed by atoms with Crippen molar-refractivity contribution in [3.05, 3.63) is 41.2 Å². The van der Waals surface area contributed by atoms with Crippen LogP contribution in [0, 0.1) is 0 Å². The van der Waals surface area contributed by atoms with Gasteiger partial charge in [-0.25, -0.2) is 4.98 Å². The van der Waals surface area contributed by atoms with Crippen LogP contribution in [0.2, 0.25) is 5.02 Å². The molecule has 5 nitrogen and oxygen atoms in total. The second-order valence-electron chi connectivity index (χ2n) is 4.51. The van der Waals surface area contributed by atoms with Gasteiger partial charge in [0, 0.05) is 17.8 Å². The van der Waals surface area contributed by atoms with Gasteiger partial charge in [-0.05, 0) is 31.2 Å². The normalized spacial score (nSPS) is 12.2. The number of benzene rings is 1. The summed E-state index contributed by atoms with van der Waals surface area (Å²) < 4.78 is 1.77. The van der Waals surface area contributed by atoms with Crippen LogP contribution in [0.3, 0.4) is 0 Å². The lowest BCUT2D eigenvalue weighted by atomic mass is 10.3. The number of rotatable bonds is 5. The topological polar surface area (TPSA) is 67.2 Å². The van der Waals surface area contributed by atoms with Crippen LogP contribution in [0.25, 0.3) is 0 Å². The summed E-state index contributed by atoms with van der Waals surface area (Å²) in [6.07, 6.45) is 1.60. The highest BCUT2D eigenvalue weighted by Gasteiger charge is 2.18. The van der Waals surface area contributed by atoms with E-state index in [0.29, 0.717) is 21.6 Å². The van der Waals surface area contributed by atoms with Gasteiger partial charge in [0.2, 0.25) is 5.91 Å². The van der Waals surface area contributed by atoms with E-state index in [1.165, 1.54) is 11.8 Å². The fourth-order valence-corrected chi connectivity index (χ4v) is 2.67. The first kappa shape index (κ1) is 15.9. The molecule has 1 amide bonds. The van der Waals surface area contributed by atoms with E-state index in [0.717, 1.165) is 0 Å². The van der Waals surface area contributed by atoms with Crippen LogP contribution >= 0.6 is 23.4 Å². The summed E-state index contributed by atoms with van der Waals surface area (Å²) >= 11 is 7.14. The second kappa shape index (κ2) is 6.98. The van der Waals surface area contributed by atoms with Gasteiger partial charge in [-0.2, -0.15) is 0 Å². The predicted octanol–water partition coefficient (Wildman–Crippen LogP) is 2.69. The first-order valence-electron chi connectivity index (χ1n) is 6.36. The Morgan fingerprint density at radius 3 is 2.71 bits per heavy atom. The Morgan fingerprint density at radius 2 is 2.14 bits per heavy atom. The Hall–Kier alpha value is -1.50. The number of nitrogens with one attached hydrogen (secondary N) is 1. The van der Waals surface area contributed by atoms with Gasteiger partial charge in [-0.1, -0.05) is 23.4 Å². The van der Waals surface area contributed by atoms with Crippen LogP contribution in [0.1, 0.15) is 12.6 Å². The van der Waals surface area contributed by atoms with E-state index in [1.807, 2.05) is 14.0 Å². The summed E-state index contributed by atoms with van der Waals surface area (Å²) in [7, 11) is 1.81. The molecule has 1 aromatic heterocycles. The van der Waals surface area contributed by atoms with Crippen molar-refractivity contribution in [2.24, 2.45) is 7.05 Å². The number of halogens is 1. The molecule has 0 fully saturated rings. The Labute approximate surface area is 132 Å².